The van der Waals surface area contributed by atoms with Crippen molar-refractivity contribution >= 4 is 23.2 Å². The molecule has 0 unspecified atom stereocenters. The first kappa shape index (κ1) is 25.7. The van der Waals surface area contributed by atoms with Gasteiger partial charge in [-0.3, -0.25) is 9.59 Å². The van der Waals surface area contributed by atoms with Crippen LogP contribution < -0.4 is 21.1 Å². The van der Waals surface area contributed by atoms with Crippen LogP contribution in [-0.4, -0.2) is 35.7 Å². The molecule has 0 radical (unpaired) electrons. The number of nitrogens with one attached hydrogen (secondary N) is 2. The van der Waals surface area contributed by atoms with Gasteiger partial charge in [-0.25, -0.2) is 0 Å². The van der Waals surface area contributed by atoms with Gasteiger partial charge in [0.1, 0.15) is 11.9 Å². The molecule has 0 aromatic heterocycles. The predicted molar refractivity (Wildman–Crippen MR) is 135 cm³/mol. The summed E-state index contributed by atoms with van der Waals surface area (Å²) in [6.07, 6.45) is 6.30. The van der Waals surface area contributed by atoms with E-state index in [0.29, 0.717) is 43.2 Å². The molecule has 2 aromatic carbocycles. The van der Waals surface area contributed by atoms with Gasteiger partial charge in [0.25, 0.3) is 5.91 Å². The predicted octanol–water partition coefficient (Wildman–Crippen LogP) is 4.25. The molecular weight excluding hydrogens is 430 g/mol. The number of carbonyl (C=O) groups is 2. The first-order chi connectivity index (χ1) is 16.4. The van der Waals surface area contributed by atoms with Gasteiger partial charge in [-0.1, -0.05) is 44.2 Å². The van der Waals surface area contributed by atoms with E-state index in [0.717, 1.165) is 24.2 Å². The molecule has 1 fully saturated rings. The molecule has 5 N–H and O–H groups in total. The molecule has 0 saturated heterocycles. The highest BCUT2D eigenvalue weighted by Gasteiger charge is 2.26. The third-order valence-electron chi connectivity index (χ3n) is 6.32. The van der Waals surface area contributed by atoms with Gasteiger partial charge in [-0.05, 0) is 67.6 Å². The summed E-state index contributed by atoms with van der Waals surface area (Å²) in [7, 11) is 0. The minimum atomic E-state index is -1.25. The Balaban J connectivity index is 1.41. The minimum absolute atomic E-state index is 0.0882. The van der Waals surface area contributed by atoms with Gasteiger partial charge in [0, 0.05) is 23.8 Å². The van der Waals surface area contributed by atoms with E-state index in [2.05, 4.69) is 10.6 Å². The van der Waals surface area contributed by atoms with Crippen molar-refractivity contribution in [3.63, 3.8) is 0 Å². The van der Waals surface area contributed by atoms with Crippen LogP contribution in [0.4, 0.5) is 11.4 Å². The summed E-state index contributed by atoms with van der Waals surface area (Å²) in [6.45, 7) is 2.56. The lowest BCUT2D eigenvalue weighted by Crippen LogP contribution is -2.44. The van der Waals surface area contributed by atoms with Gasteiger partial charge in [-0.2, -0.15) is 0 Å². The van der Waals surface area contributed by atoms with Crippen molar-refractivity contribution in [1.82, 2.24) is 0 Å². The molecule has 2 aromatic rings. The van der Waals surface area contributed by atoms with E-state index in [1.165, 1.54) is 19.3 Å². The molecule has 1 aliphatic rings. The number of carbonyl (C=O) groups excluding carboxylic acids is 2. The van der Waals surface area contributed by atoms with Gasteiger partial charge >= 0.3 is 0 Å². The molecule has 3 rings (SSSR count). The second-order valence-corrected chi connectivity index (χ2v) is 9.04. The Kier molecular flexibility index (Phi) is 9.91. The van der Waals surface area contributed by atoms with Crippen LogP contribution in [0.2, 0.25) is 0 Å². The fraction of sp³-hybridized carbons (Fsp3) is 0.481. The lowest BCUT2D eigenvalue weighted by molar-refractivity contribution is -0.125. The maximum atomic E-state index is 12.4. The number of benzene rings is 2. The molecule has 7 nitrogen and oxygen atoms in total. The summed E-state index contributed by atoms with van der Waals surface area (Å²) in [5.74, 6) is 0.718. The van der Waals surface area contributed by atoms with E-state index in [1.807, 2.05) is 31.2 Å². The number of anilines is 2. The SMILES string of the molecule is CCOc1ccc(CCC(=O)Nc2ccc(NC(=O)[C@@H](O)[C@H](N)CC3CCCCC3)cc2)cc1. The molecule has 7 heteroatoms. The lowest BCUT2D eigenvalue weighted by atomic mass is 9.84. The van der Waals surface area contributed by atoms with Crippen LogP contribution in [0.15, 0.2) is 48.5 Å². The Morgan fingerprint density at radius 3 is 2.24 bits per heavy atom. The average molecular weight is 468 g/mol. The van der Waals surface area contributed by atoms with Crippen LogP contribution in [0.5, 0.6) is 5.75 Å². The maximum absolute atomic E-state index is 12.4. The number of aliphatic hydroxyl groups is 1. The third-order valence-corrected chi connectivity index (χ3v) is 6.32. The summed E-state index contributed by atoms with van der Waals surface area (Å²) in [4.78, 5) is 24.7. The number of ether oxygens (including phenoxy) is 1. The first-order valence-electron chi connectivity index (χ1n) is 12.3. The quantitative estimate of drug-likeness (QED) is 0.394. The largest absolute Gasteiger partial charge is 0.494 e. The molecule has 0 bridgehead atoms. The van der Waals surface area contributed by atoms with Crippen LogP contribution in [0.25, 0.3) is 0 Å². The molecule has 1 aliphatic carbocycles. The van der Waals surface area contributed by atoms with Crippen molar-refractivity contribution in [3.05, 3.63) is 54.1 Å². The van der Waals surface area contributed by atoms with E-state index >= 15 is 0 Å². The number of aryl methyl sites for hydroxylation is 1. The minimum Gasteiger partial charge on any atom is -0.494 e. The fourth-order valence-corrected chi connectivity index (χ4v) is 4.38. The zero-order valence-corrected chi connectivity index (χ0v) is 20.0. The average Bonchev–Trinajstić information content (AvgIpc) is 2.85. The Labute approximate surface area is 202 Å². The van der Waals surface area contributed by atoms with Crippen molar-refractivity contribution in [1.29, 1.82) is 0 Å². The van der Waals surface area contributed by atoms with Crippen LogP contribution in [0.1, 0.15) is 57.4 Å². The topological polar surface area (TPSA) is 114 Å². The van der Waals surface area contributed by atoms with E-state index in [-0.39, 0.29) is 5.91 Å². The standard InChI is InChI=1S/C27H37N3O4/c1-2-34-23-15-8-19(9-16-23)10-17-25(31)29-21-11-13-22(14-12-21)30-27(33)26(32)24(28)18-20-6-4-3-5-7-20/h8-9,11-16,20,24,26,32H,2-7,10,17-18,28H2,1H3,(H,29,31)(H,30,33)/t24-,26+/m1/s1. The zero-order valence-electron chi connectivity index (χ0n) is 20.0. The summed E-state index contributed by atoms with van der Waals surface area (Å²) in [6, 6.07) is 14.0. The van der Waals surface area contributed by atoms with Crippen molar-refractivity contribution in [2.75, 3.05) is 17.2 Å². The van der Waals surface area contributed by atoms with Crippen molar-refractivity contribution < 1.29 is 19.4 Å². The highest BCUT2D eigenvalue weighted by atomic mass is 16.5. The Bertz CT molecular complexity index is 908. The summed E-state index contributed by atoms with van der Waals surface area (Å²) < 4.78 is 5.43. The van der Waals surface area contributed by atoms with Gasteiger partial charge in [0.15, 0.2) is 0 Å². The first-order valence-corrected chi connectivity index (χ1v) is 12.3. The van der Waals surface area contributed by atoms with Crippen LogP contribution >= 0.6 is 0 Å². The summed E-state index contributed by atoms with van der Waals surface area (Å²) in [5, 5.41) is 15.9. The third kappa shape index (κ3) is 8.15. The van der Waals surface area contributed by atoms with Crippen molar-refractivity contribution in [2.24, 2.45) is 11.7 Å². The summed E-state index contributed by atoms with van der Waals surface area (Å²) in [5.41, 5.74) is 8.36. The number of hydrogen-bond donors (Lipinski definition) is 4. The molecule has 0 spiro atoms. The van der Waals surface area contributed by atoms with Crippen LogP contribution in [0.3, 0.4) is 0 Å². The maximum Gasteiger partial charge on any atom is 0.254 e. The molecule has 1 saturated carbocycles. The summed E-state index contributed by atoms with van der Waals surface area (Å²) >= 11 is 0. The Morgan fingerprint density at radius 2 is 1.62 bits per heavy atom. The highest BCUT2D eigenvalue weighted by Crippen LogP contribution is 2.27. The normalized spacial score (nSPS) is 15.9. The van der Waals surface area contributed by atoms with E-state index in [4.69, 9.17) is 10.5 Å². The van der Waals surface area contributed by atoms with Crippen LogP contribution in [0, 0.1) is 5.92 Å². The number of hydrogen-bond acceptors (Lipinski definition) is 5. The Hall–Kier alpha value is -2.90. The molecule has 34 heavy (non-hydrogen) atoms. The van der Waals surface area contributed by atoms with E-state index in [1.54, 1.807) is 24.3 Å². The van der Waals surface area contributed by atoms with Gasteiger partial charge in [0.2, 0.25) is 5.91 Å². The molecular formula is C27H37N3O4. The van der Waals surface area contributed by atoms with E-state index < -0.39 is 18.1 Å². The van der Waals surface area contributed by atoms with E-state index in [9.17, 15) is 14.7 Å². The number of amides is 2. The Morgan fingerprint density at radius 1 is 1.00 bits per heavy atom. The number of rotatable bonds is 11. The molecule has 0 aliphatic heterocycles. The van der Waals surface area contributed by atoms with Gasteiger partial charge in [-0.15, -0.1) is 0 Å². The molecule has 0 heterocycles. The molecule has 2 amide bonds. The molecule has 184 valence electrons. The highest BCUT2D eigenvalue weighted by molar-refractivity contribution is 5.95. The van der Waals surface area contributed by atoms with Gasteiger partial charge in [0.05, 0.1) is 6.61 Å². The van der Waals surface area contributed by atoms with Crippen molar-refractivity contribution in [2.45, 2.75) is 70.4 Å². The monoisotopic (exact) mass is 467 g/mol. The second-order valence-electron chi connectivity index (χ2n) is 9.04. The fourth-order valence-electron chi connectivity index (χ4n) is 4.38. The number of nitrogens with two attached hydrogens (primary N) is 1. The van der Waals surface area contributed by atoms with Gasteiger partial charge < -0.3 is 26.2 Å². The second kappa shape index (κ2) is 13.1. The lowest BCUT2D eigenvalue weighted by Gasteiger charge is -2.26. The number of aliphatic hydroxyl groups excluding tert-OH is 1. The van der Waals surface area contributed by atoms with Crippen molar-refractivity contribution in [3.8, 4) is 5.75 Å². The smallest absolute Gasteiger partial charge is 0.254 e. The zero-order chi connectivity index (χ0) is 24.3. The van der Waals surface area contributed by atoms with Crippen LogP contribution in [-0.2, 0) is 16.0 Å². The molecule has 2 atom stereocenters.